The maximum Gasteiger partial charge on any atom is 0.295 e. The van der Waals surface area contributed by atoms with Crippen LogP contribution < -0.4 is 14.7 Å². The molecule has 1 unspecified atom stereocenters. The molecule has 0 radical (unpaired) electrons. The molecule has 1 N–H and O–H groups in total. The zero-order valence-corrected chi connectivity index (χ0v) is 19.3. The lowest BCUT2D eigenvalue weighted by Gasteiger charge is -2.28. The number of likely N-dealkylation sites (tertiary alicyclic amines) is 1. The normalized spacial score (nSPS) is 17.9. The Kier molecular flexibility index (Phi) is 7.70. The van der Waals surface area contributed by atoms with E-state index in [0.29, 0.717) is 17.9 Å². The summed E-state index contributed by atoms with van der Waals surface area (Å²) in [6.07, 6.45) is 0.766. The Labute approximate surface area is 190 Å². The monoisotopic (exact) mass is 436 g/mol. The van der Waals surface area contributed by atoms with E-state index in [1.54, 1.807) is 36.3 Å². The lowest BCUT2D eigenvalue weighted by atomic mass is 9.94. The first-order valence-electron chi connectivity index (χ1n) is 11.2. The van der Waals surface area contributed by atoms with Gasteiger partial charge < -0.3 is 19.6 Å². The number of hydrogen-bond donors (Lipinski definition) is 1. The largest absolute Gasteiger partial charge is 0.872 e. The van der Waals surface area contributed by atoms with Crippen LogP contribution in [0.4, 0.5) is 0 Å². The molecule has 1 atom stereocenters. The summed E-state index contributed by atoms with van der Waals surface area (Å²) in [5, 5.41) is 13.4. The number of carbonyl (C=O) groups excluding carboxylic acids is 2. The van der Waals surface area contributed by atoms with E-state index >= 15 is 0 Å². The van der Waals surface area contributed by atoms with Gasteiger partial charge in [-0.25, -0.2) is 0 Å². The standard InChI is InChI=1S/C26H32N2O4/c1-5-27(6-2)16-7-17-28-23(19-10-8-18(3)9-11-19)22(25(30)26(28)31)24(29)20-12-14-21(32-4)15-13-20/h8-15,23,29H,5-7,16-17H2,1-4H3. The lowest BCUT2D eigenvalue weighted by Crippen LogP contribution is -3.11. The molecule has 0 bridgehead atoms. The summed E-state index contributed by atoms with van der Waals surface area (Å²) in [4.78, 5) is 29.0. The first-order chi connectivity index (χ1) is 15.4. The van der Waals surface area contributed by atoms with Crippen molar-refractivity contribution < 1.29 is 24.3 Å². The summed E-state index contributed by atoms with van der Waals surface area (Å²) in [6.45, 7) is 9.62. The zero-order valence-electron chi connectivity index (χ0n) is 19.3. The van der Waals surface area contributed by atoms with Crippen molar-refractivity contribution in [2.75, 3.05) is 33.3 Å². The fraction of sp³-hybridized carbons (Fsp3) is 0.385. The molecule has 1 amide bonds. The van der Waals surface area contributed by atoms with Gasteiger partial charge in [0.2, 0.25) is 5.78 Å². The van der Waals surface area contributed by atoms with Crippen molar-refractivity contribution in [3.8, 4) is 5.75 Å². The van der Waals surface area contributed by atoms with E-state index in [2.05, 4.69) is 13.8 Å². The molecular formula is C26H32N2O4. The highest BCUT2D eigenvalue weighted by atomic mass is 16.5. The van der Waals surface area contributed by atoms with Crippen LogP contribution in [0.3, 0.4) is 0 Å². The van der Waals surface area contributed by atoms with Crippen LogP contribution in [-0.2, 0) is 9.59 Å². The molecule has 0 aliphatic carbocycles. The van der Waals surface area contributed by atoms with Crippen LogP contribution in [0.5, 0.6) is 5.75 Å². The molecule has 0 spiro atoms. The highest BCUT2D eigenvalue weighted by Crippen LogP contribution is 2.38. The molecule has 32 heavy (non-hydrogen) atoms. The third kappa shape index (κ3) is 4.86. The summed E-state index contributed by atoms with van der Waals surface area (Å²) in [5.41, 5.74) is 2.25. The Morgan fingerprint density at radius 2 is 1.66 bits per heavy atom. The van der Waals surface area contributed by atoms with Crippen molar-refractivity contribution in [3.05, 3.63) is 70.8 Å². The van der Waals surface area contributed by atoms with Gasteiger partial charge in [0.25, 0.3) is 5.91 Å². The molecule has 2 aromatic rings. The van der Waals surface area contributed by atoms with Crippen LogP contribution in [0.1, 0.15) is 43.0 Å². The van der Waals surface area contributed by atoms with Gasteiger partial charge in [0.05, 0.1) is 32.8 Å². The molecule has 0 saturated carbocycles. The minimum absolute atomic E-state index is 0.0270. The zero-order chi connectivity index (χ0) is 23.3. The van der Waals surface area contributed by atoms with E-state index in [9.17, 15) is 14.7 Å². The average Bonchev–Trinajstić information content (AvgIpc) is 3.07. The summed E-state index contributed by atoms with van der Waals surface area (Å²) in [5.74, 6) is -1.09. The van der Waals surface area contributed by atoms with E-state index in [0.717, 1.165) is 37.2 Å². The maximum absolute atomic E-state index is 13.4. The molecule has 1 fully saturated rings. The second kappa shape index (κ2) is 10.5. The smallest absolute Gasteiger partial charge is 0.295 e. The summed E-state index contributed by atoms with van der Waals surface area (Å²) < 4.78 is 5.16. The summed E-state index contributed by atoms with van der Waals surface area (Å²) in [6, 6.07) is 13.6. The molecule has 0 aromatic heterocycles. The Bertz CT molecular complexity index is 976. The van der Waals surface area contributed by atoms with Crippen LogP contribution in [0.25, 0.3) is 5.76 Å². The molecule has 1 saturated heterocycles. The average molecular weight is 437 g/mol. The van der Waals surface area contributed by atoms with Crippen molar-refractivity contribution >= 4 is 17.4 Å². The molecule has 1 heterocycles. The van der Waals surface area contributed by atoms with Crippen molar-refractivity contribution in [3.63, 3.8) is 0 Å². The molecule has 1 aliphatic rings. The third-order valence-electron chi connectivity index (χ3n) is 6.20. The predicted octanol–water partition coefficient (Wildman–Crippen LogP) is 1.54. The van der Waals surface area contributed by atoms with E-state index in [1.807, 2.05) is 31.2 Å². The van der Waals surface area contributed by atoms with Crippen molar-refractivity contribution in [2.45, 2.75) is 33.2 Å². The van der Waals surface area contributed by atoms with Crippen molar-refractivity contribution in [1.29, 1.82) is 0 Å². The number of Topliss-reactive ketones (excluding diaryl/α,β-unsaturated/α-hetero) is 1. The van der Waals surface area contributed by atoms with Crippen LogP contribution in [0.15, 0.2) is 54.1 Å². The molecule has 3 rings (SSSR count). The fourth-order valence-electron chi connectivity index (χ4n) is 4.20. The number of ketones is 1. The Morgan fingerprint density at radius 1 is 1.03 bits per heavy atom. The SMILES string of the molecule is CC[NH+](CC)CCCN1C(=O)C(=O)C(=C([O-])c2ccc(OC)cc2)C1c1ccc(C)cc1. The molecule has 1 aliphatic heterocycles. The number of quaternary nitrogens is 1. The number of rotatable bonds is 9. The van der Waals surface area contributed by atoms with Crippen LogP contribution in [0, 0.1) is 6.92 Å². The van der Waals surface area contributed by atoms with Gasteiger partial charge in [-0.1, -0.05) is 47.7 Å². The quantitative estimate of drug-likeness (QED) is 0.368. The number of nitrogens with zero attached hydrogens (tertiary/aromatic N) is 1. The predicted molar refractivity (Wildman–Crippen MR) is 122 cm³/mol. The van der Waals surface area contributed by atoms with Crippen molar-refractivity contribution in [1.82, 2.24) is 4.90 Å². The number of amides is 1. The Morgan fingerprint density at radius 3 is 2.22 bits per heavy atom. The van der Waals surface area contributed by atoms with E-state index in [-0.39, 0.29) is 5.57 Å². The number of carbonyl (C=O) groups is 2. The van der Waals surface area contributed by atoms with Gasteiger partial charge >= 0.3 is 0 Å². The van der Waals surface area contributed by atoms with E-state index < -0.39 is 23.5 Å². The van der Waals surface area contributed by atoms with Gasteiger partial charge in [0.15, 0.2) is 0 Å². The summed E-state index contributed by atoms with van der Waals surface area (Å²) in [7, 11) is 1.55. The lowest BCUT2D eigenvalue weighted by molar-refractivity contribution is -0.896. The fourth-order valence-corrected chi connectivity index (χ4v) is 4.20. The van der Waals surface area contributed by atoms with Crippen molar-refractivity contribution in [2.24, 2.45) is 0 Å². The maximum atomic E-state index is 13.4. The first-order valence-corrected chi connectivity index (χ1v) is 11.2. The highest BCUT2D eigenvalue weighted by Gasteiger charge is 2.43. The number of nitrogens with one attached hydrogen (secondary N) is 1. The molecule has 170 valence electrons. The molecule has 6 heteroatoms. The number of methoxy groups -OCH3 is 1. The van der Waals surface area contributed by atoms with Gasteiger partial charge in [-0.15, -0.1) is 0 Å². The molecule has 6 nitrogen and oxygen atoms in total. The van der Waals surface area contributed by atoms with Crippen LogP contribution in [-0.4, -0.2) is 49.9 Å². The Balaban J connectivity index is 2.01. The van der Waals surface area contributed by atoms with E-state index in [1.165, 1.54) is 4.90 Å². The second-order valence-electron chi connectivity index (χ2n) is 8.17. The van der Waals surface area contributed by atoms with Gasteiger partial charge in [0, 0.05) is 18.5 Å². The van der Waals surface area contributed by atoms with Crippen LogP contribution >= 0.6 is 0 Å². The minimum Gasteiger partial charge on any atom is -0.872 e. The Hall–Kier alpha value is -3.12. The first kappa shape index (κ1) is 23.5. The van der Waals surface area contributed by atoms with Gasteiger partial charge in [0.1, 0.15) is 5.75 Å². The van der Waals surface area contributed by atoms with Crippen LogP contribution in [0.2, 0.25) is 0 Å². The summed E-state index contributed by atoms with van der Waals surface area (Å²) >= 11 is 0. The van der Waals surface area contributed by atoms with Gasteiger partial charge in [-0.3, -0.25) is 9.59 Å². The minimum atomic E-state index is -0.702. The van der Waals surface area contributed by atoms with E-state index in [4.69, 9.17) is 4.74 Å². The second-order valence-corrected chi connectivity index (χ2v) is 8.17. The number of benzene rings is 2. The number of hydrogen-bond acceptors (Lipinski definition) is 4. The number of ether oxygens (including phenoxy) is 1. The van der Waals surface area contributed by atoms with Gasteiger partial charge in [-0.2, -0.15) is 0 Å². The third-order valence-corrected chi connectivity index (χ3v) is 6.20. The molecular weight excluding hydrogens is 404 g/mol. The van der Waals surface area contributed by atoms with Gasteiger partial charge in [-0.05, 0) is 44.0 Å². The number of aryl methyl sites for hydroxylation is 1. The topological polar surface area (TPSA) is 74.1 Å². The highest BCUT2D eigenvalue weighted by molar-refractivity contribution is 6.46. The molecule has 2 aromatic carbocycles.